The summed E-state index contributed by atoms with van der Waals surface area (Å²) in [5.41, 5.74) is 6.08. The van der Waals surface area contributed by atoms with Gasteiger partial charge in [0.2, 0.25) is 0 Å². The zero-order valence-corrected chi connectivity index (χ0v) is 19.5. The molecule has 0 atom stereocenters. The van der Waals surface area contributed by atoms with E-state index in [4.69, 9.17) is 4.74 Å². The highest BCUT2D eigenvalue weighted by Crippen LogP contribution is 2.47. The summed E-state index contributed by atoms with van der Waals surface area (Å²) in [6, 6.07) is 4.97. The first-order chi connectivity index (χ1) is 14.0. The third-order valence-corrected chi connectivity index (χ3v) is 9.39. The minimum Gasteiger partial charge on any atom is -0.381 e. The number of ether oxygens (including phenoxy) is 1. The van der Waals surface area contributed by atoms with Crippen LogP contribution in [0.2, 0.25) is 0 Å². The van der Waals surface area contributed by atoms with E-state index >= 15 is 0 Å². The lowest BCUT2D eigenvalue weighted by Crippen LogP contribution is -2.30. The van der Waals surface area contributed by atoms with Gasteiger partial charge in [0.15, 0.2) is 0 Å². The predicted octanol–water partition coefficient (Wildman–Crippen LogP) is 7.90. The van der Waals surface area contributed by atoms with Gasteiger partial charge < -0.3 is 4.74 Å². The van der Waals surface area contributed by atoms with E-state index in [2.05, 4.69) is 32.9 Å². The molecule has 3 saturated carbocycles. The van der Waals surface area contributed by atoms with E-state index in [-0.39, 0.29) is 0 Å². The maximum Gasteiger partial charge on any atom is 0.0571 e. The molecule has 162 valence electrons. The lowest BCUT2D eigenvalue weighted by atomic mass is 9.65. The summed E-state index contributed by atoms with van der Waals surface area (Å²) in [7, 11) is 1.89. The second-order valence-corrected chi connectivity index (χ2v) is 10.8. The van der Waals surface area contributed by atoms with Crippen LogP contribution in [0.4, 0.5) is 0 Å². The summed E-state index contributed by atoms with van der Waals surface area (Å²) < 4.78 is 5.58. The summed E-state index contributed by atoms with van der Waals surface area (Å²) >= 11 is 0. The van der Waals surface area contributed by atoms with Crippen LogP contribution in [0.25, 0.3) is 0 Å². The van der Waals surface area contributed by atoms with Crippen LogP contribution in [0.5, 0.6) is 0 Å². The van der Waals surface area contributed by atoms with Gasteiger partial charge in [-0.05, 0) is 150 Å². The van der Waals surface area contributed by atoms with Crippen molar-refractivity contribution in [3.05, 3.63) is 34.4 Å². The molecule has 0 unspecified atom stereocenters. The van der Waals surface area contributed by atoms with Crippen molar-refractivity contribution in [2.75, 3.05) is 7.11 Å². The monoisotopic (exact) mass is 396 g/mol. The van der Waals surface area contributed by atoms with Gasteiger partial charge in [-0.1, -0.05) is 12.1 Å². The molecule has 29 heavy (non-hydrogen) atoms. The van der Waals surface area contributed by atoms with Gasteiger partial charge in [-0.15, -0.1) is 0 Å². The number of benzene rings is 1. The highest BCUT2D eigenvalue weighted by molar-refractivity contribution is 5.38. The average molecular weight is 397 g/mol. The fourth-order valence-electron chi connectivity index (χ4n) is 7.11. The fourth-order valence-corrected chi connectivity index (χ4v) is 7.11. The SMILES string of the molecule is COC1CCC(C2CCC(C3CCC(c4cc(C)c(C)c(C)c4)CC3)CC2)CC1. The van der Waals surface area contributed by atoms with Gasteiger partial charge in [-0.3, -0.25) is 0 Å². The number of aryl methyl sites for hydroxylation is 2. The van der Waals surface area contributed by atoms with E-state index in [0.717, 1.165) is 29.6 Å². The Labute approximate surface area is 180 Å². The van der Waals surface area contributed by atoms with Crippen molar-refractivity contribution >= 4 is 0 Å². The molecule has 0 spiro atoms. The third kappa shape index (κ3) is 4.92. The second-order valence-electron chi connectivity index (χ2n) is 10.8. The molecule has 3 aliphatic carbocycles. The van der Waals surface area contributed by atoms with Crippen LogP contribution in [0.3, 0.4) is 0 Å². The van der Waals surface area contributed by atoms with Gasteiger partial charge in [-0.2, -0.15) is 0 Å². The van der Waals surface area contributed by atoms with E-state index < -0.39 is 0 Å². The molecule has 3 fully saturated rings. The molecule has 4 rings (SSSR count). The number of rotatable bonds is 4. The Hall–Kier alpha value is -0.820. The first-order valence-electron chi connectivity index (χ1n) is 12.7. The molecule has 0 amide bonds. The quantitative estimate of drug-likeness (QED) is 0.502. The lowest BCUT2D eigenvalue weighted by molar-refractivity contribution is 0.0360. The van der Waals surface area contributed by atoms with Crippen LogP contribution in [-0.2, 0) is 4.74 Å². The van der Waals surface area contributed by atoms with Crippen molar-refractivity contribution in [1.82, 2.24) is 0 Å². The van der Waals surface area contributed by atoms with Crippen molar-refractivity contribution in [3.63, 3.8) is 0 Å². The third-order valence-electron chi connectivity index (χ3n) is 9.39. The number of methoxy groups -OCH3 is 1. The maximum absolute atomic E-state index is 5.58. The first-order valence-corrected chi connectivity index (χ1v) is 12.7. The summed E-state index contributed by atoms with van der Waals surface area (Å²) in [5, 5.41) is 0. The van der Waals surface area contributed by atoms with Gasteiger partial charge in [-0.25, -0.2) is 0 Å². The predicted molar refractivity (Wildman–Crippen MR) is 124 cm³/mol. The van der Waals surface area contributed by atoms with Crippen molar-refractivity contribution in [3.8, 4) is 0 Å². The van der Waals surface area contributed by atoms with Gasteiger partial charge in [0.1, 0.15) is 0 Å². The lowest BCUT2D eigenvalue weighted by Gasteiger charge is -2.41. The van der Waals surface area contributed by atoms with Gasteiger partial charge in [0, 0.05) is 7.11 Å². The van der Waals surface area contributed by atoms with Crippen LogP contribution in [0.1, 0.15) is 105 Å². The zero-order valence-electron chi connectivity index (χ0n) is 19.5. The smallest absolute Gasteiger partial charge is 0.0571 e. The molecule has 1 aromatic rings. The van der Waals surface area contributed by atoms with Crippen molar-refractivity contribution < 1.29 is 4.74 Å². The van der Waals surface area contributed by atoms with Crippen LogP contribution < -0.4 is 0 Å². The van der Waals surface area contributed by atoms with Crippen LogP contribution in [0, 0.1) is 44.4 Å². The molecule has 0 heterocycles. The topological polar surface area (TPSA) is 9.23 Å². The number of hydrogen-bond acceptors (Lipinski definition) is 1. The van der Waals surface area contributed by atoms with Crippen LogP contribution >= 0.6 is 0 Å². The molecular formula is C28H44O. The Morgan fingerprint density at radius 1 is 0.586 bits per heavy atom. The molecular weight excluding hydrogens is 352 g/mol. The van der Waals surface area contributed by atoms with Gasteiger partial charge in [0.05, 0.1) is 6.10 Å². The Morgan fingerprint density at radius 2 is 0.966 bits per heavy atom. The fraction of sp³-hybridized carbons (Fsp3) is 0.786. The Bertz CT molecular complexity index is 630. The minimum absolute atomic E-state index is 0.555. The first kappa shape index (κ1) is 21.4. The summed E-state index contributed by atoms with van der Waals surface area (Å²) in [6.45, 7) is 6.85. The molecule has 0 saturated heterocycles. The minimum atomic E-state index is 0.555. The molecule has 1 nitrogen and oxygen atoms in total. The normalized spacial score (nSPS) is 36.1. The van der Waals surface area contributed by atoms with E-state index in [9.17, 15) is 0 Å². The van der Waals surface area contributed by atoms with Crippen molar-refractivity contribution in [2.45, 2.75) is 110 Å². The molecule has 0 aliphatic heterocycles. The van der Waals surface area contributed by atoms with E-state index in [1.807, 2.05) is 7.11 Å². The standard InChI is InChI=1S/C28H44O/c1-19-17-27(18-20(2)21(19)3)26-11-9-23(10-12-26)22-5-7-24(8-6-22)25-13-15-28(29-4)16-14-25/h17-18,22-26,28H,5-16H2,1-4H3. The van der Waals surface area contributed by atoms with E-state index in [1.165, 1.54) is 93.7 Å². The molecule has 0 radical (unpaired) electrons. The van der Waals surface area contributed by atoms with Crippen LogP contribution in [-0.4, -0.2) is 13.2 Å². The van der Waals surface area contributed by atoms with Crippen molar-refractivity contribution in [1.29, 1.82) is 0 Å². The van der Waals surface area contributed by atoms with Gasteiger partial charge >= 0.3 is 0 Å². The van der Waals surface area contributed by atoms with Crippen LogP contribution in [0.15, 0.2) is 12.1 Å². The van der Waals surface area contributed by atoms with Gasteiger partial charge in [0.25, 0.3) is 0 Å². The molecule has 1 aromatic carbocycles. The molecule has 0 N–H and O–H groups in total. The molecule has 0 aromatic heterocycles. The molecule has 0 bridgehead atoms. The zero-order chi connectivity index (χ0) is 20.4. The Balaban J connectivity index is 1.24. The molecule has 3 aliphatic rings. The Morgan fingerprint density at radius 3 is 1.38 bits per heavy atom. The maximum atomic E-state index is 5.58. The van der Waals surface area contributed by atoms with E-state index in [1.54, 1.807) is 5.56 Å². The van der Waals surface area contributed by atoms with Crippen molar-refractivity contribution in [2.24, 2.45) is 23.7 Å². The summed E-state index contributed by atoms with van der Waals surface area (Å²) in [5.74, 6) is 4.90. The second kappa shape index (κ2) is 9.54. The largest absolute Gasteiger partial charge is 0.381 e. The highest BCUT2D eigenvalue weighted by atomic mass is 16.5. The Kier molecular flexibility index (Phi) is 7.05. The average Bonchev–Trinajstić information content (AvgIpc) is 2.77. The molecule has 1 heteroatoms. The van der Waals surface area contributed by atoms with E-state index in [0.29, 0.717) is 6.10 Å². The highest BCUT2D eigenvalue weighted by Gasteiger charge is 2.34. The summed E-state index contributed by atoms with van der Waals surface area (Å²) in [4.78, 5) is 0. The summed E-state index contributed by atoms with van der Waals surface area (Å²) in [6.07, 6.45) is 17.9. The number of hydrogen-bond donors (Lipinski definition) is 0.